The van der Waals surface area contributed by atoms with Gasteiger partial charge in [0.1, 0.15) is 11.7 Å². The molecule has 1 aromatic rings. The van der Waals surface area contributed by atoms with Gasteiger partial charge in [0.2, 0.25) is 0 Å². The molecule has 0 saturated carbocycles. The number of carboxylic acid groups (broad SMARTS) is 1. The smallest absolute Gasteiger partial charge is 0.326 e. The molecular weight excluding hydrogens is 339 g/mol. The number of carboxylic acids is 1. The molecule has 1 saturated heterocycles. The number of nitrogens with zero attached hydrogens (tertiary/aromatic N) is 2. The van der Waals surface area contributed by atoms with E-state index >= 15 is 0 Å². The normalized spacial score (nSPS) is 22.2. The monoisotopic (exact) mass is 350 g/mol. The highest BCUT2D eigenvalue weighted by Crippen LogP contribution is 2.33. The summed E-state index contributed by atoms with van der Waals surface area (Å²) in [7, 11) is 0. The van der Waals surface area contributed by atoms with Gasteiger partial charge in [-0.15, -0.1) is 0 Å². The van der Waals surface area contributed by atoms with Gasteiger partial charge in [-0.25, -0.2) is 9.78 Å². The van der Waals surface area contributed by atoms with Crippen LogP contribution in [0.25, 0.3) is 0 Å². The van der Waals surface area contributed by atoms with Crippen LogP contribution in [0.5, 0.6) is 0 Å². The summed E-state index contributed by atoms with van der Waals surface area (Å²) in [6, 6.07) is -0.881. The molecule has 2 atom stereocenters. The second kappa shape index (κ2) is 6.38. The van der Waals surface area contributed by atoms with E-state index in [2.05, 4.69) is 4.98 Å². The minimum atomic E-state index is -1.04. The highest BCUT2D eigenvalue weighted by molar-refractivity contribution is 6.48. The van der Waals surface area contributed by atoms with Crippen LogP contribution in [-0.4, -0.2) is 39.5 Å². The molecule has 2 unspecified atom stereocenters. The van der Waals surface area contributed by atoms with Gasteiger partial charge in [0.05, 0.1) is 15.1 Å². The van der Waals surface area contributed by atoms with Crippen LogP contribution in [0.3, 0.4) is 0 Å². The molecule has 0 spiro atoms. The van der Waals surface area contributed by atoms with Crippen LogP contribution in [0.2, 0.25) is 15.1 Å². The van der Waals surface area contributed by atoms with Gasteiger partial charge in [-0.05, 0) is 18.8 Å². The van der Waals surface area contributed by atoms with E-state index in [-0.39, 0.29) is 26.7 Å². The molecule has 21 heavy (non-hydrogen) atoms. The van der Waals surface area contributed by atoms with Gasteiger partial charge in [-0.3, -0.25) is 4.79 Å². The largest absolute Gasteiger partial charge is 0.480 e. The van der Waals surface area contributed by atoms with Crippen molar-refractivity contribution in [3.63, 3.8) is 0 Å². The van der Waals surface area contributed by atoms with Crippen LogP contribution in [-0.2, 0) is 4.79 Å². The van der Waals surface area contributed by atoms with Crippen LogP contribution in [0.1, 0.15) is 30.3 Å². The summed E-state index contributed by atoms with van der Waals surface area (Å²) in [4.78, 5) is 29.0. The Morgan fingerprint density at radius 2 is 2.00 bits per heavy atom. The fraction of sp³-hybridized carbons (Fsp3) is 0.462. The Bertz CT molecular complexity index is 594. The van der Waals surface area contributed by atoms with Gasteiger partial charge in [-0.1, -0.05) is 41.7 Å². The molecule has 0 bridgehead atoms. The third kappa shape index (κ3) is 3.25. The molecule has 0 aliphatic carbocycles. The highest BCUT2D eigenvalue weighted by atomic mass is 35.5. The lowest BCUT2D eigenvalue weighted by Crippen LogP contribution is -2.50. The average molecular weight is 352 g/mol. The van der Waals surface area contributed by atoms with Gasteiger partial charge in [0.25, 0.3) is 5.91 Å². The zero-order chi connectivity index (χ0) is 15.7. The number of hydrogen-bond donors (Lipinski definition) is 1. The van der Waals surface area contributed by atoms with Crippen LogP contribution in [0, 0.1) is 5.92 Å². The second-order valence-corrected chi connectivity index (χ2v) is 6.23. The average Bonchev–Trinajstić information content (AvgIpc) is 2.44. The lowest BCUT2D eigenvalue weighted by atomic mass is 9.92. The fourth-order valence-corrected chi connectivity index (χ4v) is 2.91. The Labute approximate surface area is 136 Å². The van der Waals surface area contributed by atoms with E-state index in [4.69, 9.17) is 34.8 Å². The van der Waals surface area contributed by atoms with Crippen molar-refractivity contribution in [3.05, 3.63) is 27.0 Å². The molecule has 2 heterocycles. The molecule has 1 amide bonds. The van der Waals surface area contributed by atoms with E-state index in [9.17, 15) is 14.7 Å². The van der Waals surface area contributed by atoms with Crippen molar-refractivity contribution < 1.29 is 14.7 Å². The molecule has 1 fully saturated rings. The zero-order valence-electron chi connectivity index (χ0n) is 11.1. The number of amides is 1. The number of aliphatic carboxylic acids is 1. The number of halogens is 3. The maximum absolute atomic E-state index is 12.5. The third-order valence-corrected chi connectivity index (χ3v) is 4.77. The summed E-state index contributed by atoms with van der Waals surface area (Å²) in [6.45, 7) is 2.30. The third-order valence-electron chi connectivity index (χ3n) is 3.53. The Morgan fingerprint density at radius 1 is 1.33 bits per heavy atom. The lowest BCUT2D eigenvalue weighted by Gasteiger charge is -2.35. The maximum atomic E-state index is 12.5. The molecule has 114 valence electrons. The molecule has 1 N–H and O–H groups in total. The Morgan fingerprint density at radius 3 is 2.62 bits per heavy atom. The molecule has 5 nitrogen and oxygen atoms in total. The van der Waals surface area contributed by atoms with Crippen molar-refractivity contribution in [3.8, 4) is 0 Å². The number of piperidine rings is 1. The number of likely N-dealkylation sites (tertiary alicyclic amines) is 1. The Kier molecular flexibility index (Phi) is 4.96. The van der Waals surface area contributed by atoms with Crippen molar-refractivity contribution in [2.24, 2.45) is 5.92 Å². The summed E-state index contributed by atoms with van der Waals surface area (Å²) >= 11 is 17.7. The quantitative estimate of drug-likeness (QED) is 0.887. The van der Waals surface area contributed by atoms with Crippen molar-refractivity contribution in [2.75, 3.05) is 6.54 Å². The minimum absolute atomic E-state index is 0.0361. The van der Waals surface area contributed by atoms with E-state index in [1.165, 1.54) is 11.1 Å². The van der Waals surface area contributed by atoms with Crippen molar-refractivity contribution in [2.45, 2.75) is 25.8 Å². The zero-order valence-corrected chi connectivity index (χ0v) is 13.4. The number of pyridine rings is 1. The Hall–Kier alpha value is -1.04. The molecule has 0 aromatic carbocycles. The van der Waals surface area contributed by atoms with Gasteiger partial charge >= 0.3 is 5.97 Å². The van der Waals surface area contributed by atoms with Gasteiger partial charge in [0, 0.05) is 12.7 Å². The Balaban J connectivity index is 2.34. The van der Waals surface area contributed by atoms with Crippen molar-refractivity contribution in [1.29, 1.82) is 0 Å². The predicted molar refractivity (Wildman–Crippen MR) is 80.1 cm³/mol. The summed E-state index contributed by atoms with van der Waals surface area (Å²) in [5.74, 6) is -1.34. The molecule has 2 rings (SSSR count). The SMILES string of the molecule is CC1CCN(C(=O)c2ncc(Cl)c(Cl)c2Cl)C(C(=O)O)C1. The molecule has 1 aliphatic heterocycles. The first-order valence-corrected chi connectivity index (χ1v) is 7.49. The first kappa shape index (κ1) is 16.3. The fourth-order valence-electron chi connectivity index (χ4n) is 2.35. The van der Waals surface area contributed by atoms with E-state index in [0.29, 0.717) is 13.0 Å². The summed E-state index contributed by atoms with van der Waals surface area (Å²) in [5, 5.41) is 9.41. The molecule has 0 radical (unpaired) electrons. The topological polar surface area (TPSA) is 70.5 Å². The predicted octanol–water partition coefficient (Wildman–Crippen LogP) is 3.37. The lowest BCUT2D eigenvalue weighted by molar-refractivity contribution is -0.144. The number of rotatable bonds is 2. The van der Waals surface area contributed by atoms with Gasteiger partial charge < -0.3 is 10.0 Å². The molecular formula is C13H13Cl3N2O3. The first-order valence-electron chi connectivity index (χ1n) is 6.36. The van der Waals surface area contributed by atoms with E-state index in [1.807, 2.05) is 6.92 Å². The second-order valence-electron chi connectivity index (χ2n) is 5.06. The first-order chi connectivity index (χ1) is 9.82. The van der Waals surface area contributed by atoms with Crippen LogP contribution >= 0.6 is 34.8 Å². The van der Waals surface area contributed by atoms with Crippen LogP contribution in [0.4, 0.5) is 0 Å². The minimum Gasteiger partial charge on any atom is -0.480 e. The van der Waals surface area contributed by atoms with Gasteiger partial charge in [0.15, 0.2) is 0 Å². The van der Waals surface area contributed by atoms with E-state index in [0.717, 1.165) is 6.42 Å². The molecule has 1 aromatic heterocycles. The number of hydrogen-bond acceptors (Lipinski definition) is 3. The summed E-state index contributed by atoms with van der Waals surface area (Å²) < 4.78 is 0. The number of carbonyl (C=O) groups excluding carboxylic acids is 1. The van der Waals surface area contributed by atoms with Crippen LogP contribution in [0.15, 0.2) is 6.20 Å². The molecule has 1 aliphatic rings. The van der Waals surface area contributed by atoms with Gasteiger partial charge in [-0.2, -0.15) is 0 Å². The molecule has 8 heteroatoms. The highest BCUT2D eigenvalue weighted by Gasteiger charge is 2.36. The number of aromatic nitrogens is 1. The standard InChI is InChI=1S/C13H13Cl3N2O3/c1-6-2-3-18(8(4-6)13(20)21)12(19)11-10(16)9(15)7(14)5-17-11/h5-6,8H,2-4H2,1H3,(H,20,21). The maximum Gasteiger partial charge on any atom is 0.326 e. The summed E-state index contributed by atoms with van der Waals surface area (Å²) in [5.41, 5.74) is -0.0770. The van der Waals surface area contributed by atoms with Crippen molar-refractivity contribution in [1.82, 2.24) is 9.88 Å². The van der Waals surface area contributed by atoms with Crippen LogP contribution < -0.4 is 0 Å². The van der Waals surface area contributed by atoms with E-state index in [1.54, 1.807) is 0 Å². The van der Waals surface area contributed by atoms with Crippen molar-refractivity contribution >= 4 is 46.7 Å². The van der Waals surface area contributed by atoms with E-state index < -0.39 is 17.9 Å². The summed E-state index contributed by atoms with van der Waals surface area (Å²) in [6.07, 6.45) is 2.36. The number of carbonyl (C=O) groups is 2.